The van der Waals surface area contributed by atoms with Crippen molar-refractivity contribution in [3.05, 3.63) is 77.5 Å². The summed E-state index contributed by atoms with van der Waals surface area (Å²) in [5, 5.41) is 4.55. The van der Waals surface area contributed by atoms with Crippen molar-refractivity contribution in [1.82, 2.24) is 5.06 Å². The summed E-state index contributed by atoms with van der Waals surface area (Å²) in [6.45, 7) is 8.08. The number of carbonyl (C=O) groups is 1. The number of rotatable bonds is 3. The molecule has 1 unspecified atom stereocenters. The average Bonchev–Trinajstić information content (AvgIpc) is 2.68. The van der Waals surface area contributed by atoms with Gasteiger partial charge in [-0.25, -0.2) is 5.06 Å². The molecule has 3 rings (SSSR count). The number of anilines is 1. The van der Waals surface area contributed by atoms with Crippen LogP contribution in [0.3, 0.4) is 0 Å². The Hall–Kier alpha value is -2.59. The highest BCUT2D eigenvalue weighted by Gasteiger charge is 2.25. The zero-order valence-electron chi connectivity index (χ0n) is 15.4. The van der Waals surface area contributed by atoms with E-state index in [1.165, 1.54) is 17.7 Å². The van der Waals surface area contributed by atoms with Crippen LogP contribution in [-0.4, -0.2) is 25.1 Å². The first kappa shape index (κ1) is 18.7. The van der Waals surface area contributed by atoms with Crippen LogP contribution in [-0.2, 0) is 4.84 Å². The monoisotopic (exact) mass is 338 g/mol. The minimum atomic E-state index is -0.161. The van der Waals surface area contributed by atoms with E-state index in [0.717, 1.165) is 23.4 Å². The van der Waals surface area contributed by atoms with Crippen LogP contribution in [0.5, 0.6) is 0 Å². The second-order valence-electron chi connectivity index (χ2n) is 5.68. The Kier molecular flexibility index (Phi) is 6.37. The van der Waals surface area contributed by atoms with Crippen molar-refractivity contribution >= 4 is 11.6 Å². The molecule has 1 heterocycles. The number of fused-ring (bicyclic) bond motifs is 1. The number of nitrogens with zero attached hydrogens (tertiary/aromatic N) is 1. The zero-order valence-corrected chi connectivity index (χ0v) is 15.4. The fourth-order valence-electron chi connectivity index (χ4n) is 2.94. The molecule has 25 heavy (non-hydrogen) atoms. The van der Waals surface area contributed by atoms with Gasteiger partial charge in [-0.05, 0) is 35.7 Å². The molecule has 4 heteroatoms. The lowest BCUT2D eigenvalue weighted by Crippen LogP contribution is -2.26. The number of nitrogens with one attached hydrogen (secondary N) is 1. The van der Waals surface area contributed by atoms with Gasteiger partial charge in [-0.3, -0.25) is 9.63 Å². The van der Waals surface area contributed by atoms with Crippen LogP contribution in [0.2, 0.25) is 0 Å². The lowest BCUT2D eigenvalue weighted by molar-refractivity contribution is -0.0757. The Morgan fingerprint density at radius 1 is 1.20 bits per heavy atom. The summed E-state index contributed by atoms with van der Waals surface area (Å²) in [6, 6.07) is 16.0. The lowest BCUT2D eigenvalue weighted by atomic mass is 9.83. The second kappa shape index (κ2) is 8.49. The minimum Gasteiger partial charge on any atom is -0.359 e. The van der Waals surface area contributed by atoms with Crippen molar-refractivity contribution in [2.75, 3.05) is 19.5 Å². The van der Waals surface area contributed by atoms with Gasteiger partial charge in [0.1, 0.15) is 0 Å². The Morgan fingerprint density at radius 2 is 1.88 bits per heavy atom. The molecule has 2 aromatic carbocycles. The fourth-order valence-corrected chi connectivity index (χ4v) is 2.94. The molecular formula is C21H26N2O2. The third-order valence-electron chi connectivity index (χ3n) is 4.20. The Bertz CT molecular complexity index is 741. The topological polar surface area (TPSA) is 41.6 Å². The van der Waals surface area contributed by atoms with Crippen molar-refractivity contribution < 1.29 is 9.63 Å². The summed E-state index contributed by atoms with van der Waals surface area (Å²) in [6.07, 6.45) is 0.814. The molecule has 1 amide bonds. The maximum atomic E-state index is 12.3. The number of carbonyl (C=O) groups excluding carboxylic acids is 1. The number of hydrogen-bond donors (Lipinski definition) is 1. The van der Waals surface area contributed by atoms with Crippen LogP contribution >= 0.6 is 0 Å². The maximum Gasteiger partial charge on any atom is 0.277 e. The molecule has 132 valence electrons. The van der Waals surface area contributed by atoms with Gasteiger partial charge in [0.05, 0.1) is 7.11 Å². The van der Waals surface area contributed by atoms with Gasteiger partial charge in [-0.1, -0.05) is 50.8 Å². The SMILES string of the molecule is C=C1CC(c2ccccc2)c2cc(C(=O)N(C)OC)ccc2N1.CC. The molecule has 1 aliphatic rings. The molecule has 0 spiro atoms. The van der Waals surface area contributed by atoms with Crippen LogP contribution in [0.1, 0.15) is 47.7 Å². The number of benzene rings is 2. The van der Waals surface area contributed by atoms with Gasteiger partial charge in [0, 0.05) is 29.9 Å². The first-order chi connectivity index (χ1) is 12.1. The first-order valence-electron chi connectivity index (χ1n) is 8.56. The largest absolute Gasteiger partial charge is 0.359 e. The van der Waals surface area contributed by atoms with E-state index in [9.17, 15) is 4.79 Å². The number of hydrogen-bond acceptors (Lipinski definition) is 3. The first-order valence-corrected chi connectivity index (χ1v) is 8.56. The average molecular weight is 338 g/mol. The molecule has 1 aliphatic heterocycles. The quantitative estimate of drug-likeness (QED) is 0.817. The lowest BCUT2D eigenvalue weighted by Gasteiger charge is -2.29. The molecule has 0 radical (unpaired) electrons. The third kappa shape index (κ3) is 4.09. The molecular weight excluding hydrogens is 312 g/mol. The van der Waals surface area contributed by atoms with Crippen LogP contribution < -0.4 is 5.32 Å². The van der Waals surface area contributed by atoms with Crippen molar-refractivity contribution in [1.29, 1.82) is 0 Å². The zero-order chi connectivity index (χ0) is 18.4. The number of amides is 1. The van der Waals surface area contributed by atoms with E-state index in [4.69, 9.17) is 4.84 Å². The van der Waals surface area contributed by atoms with E-state index in [0.29, 0.717) is 5.56 Å². The minimum absolute atomic E-state index is 0.161. The van der Waals surface area contributed by atoms with E-state index >= 15 is 0 Å². The van der Waals surface area contributed by atoms with Gasteiger partial charge in [0.2, 0.25) is 0 Å². The van der Waals surface area contributed by atoms with Crippen molar-refractivity contribution in [2.45, 2.75) is 26.2 Å². The molecule has 0 saturated carbocycles. The van der Waals surface area contributed by atoms with Crippen LogP contribution in [0.25, 0.3) is 0 Å². The molecule has 0 aromatic heterocycles. The van der Waals surface area contributed by atoms with Gasteiger partial charge in [-0.15, -0.1) is 0 Å². The summed E-state index contributed by atoms with van der Waals surface area (Å²) in [4.78, 5) is 17.3. The van der Waals surface area contributed by atoms with Gasteiger partial charge in [-0.2, -0.15) is 0 Å². The fraction of sp³-hybridized carbons (Fsp3) is 0.286. The molecule has 0 bridgehead atoms. The Morgan fingerprint density at radius 3 is 2.52 bits per heavy atom. The molecule has 4 nitrogen and oxygen atoms in total. The van der Waals surface area contributed by atoms with E-state index < -0.39 is 0 Å². The summed E-state index contributed by atoms with van der Waals surface area (Å²) < 4.78 is 0. The van der Waals surface area contributed by atoms with E-state index in [2.05, 4.69) is 24.0 Å². The molecule has 1 N–H and O–H groups in total. The number of hydroxylamine groups is 2. The van der Waals surface area contributed by atoms with E-state index in [1.54, 1.807) is 7.05 Å². The Labute approximate surface area is 150 Å². The Balaban J connectivity index is 0.00000109. The predicted molar refractivity (Wildman–Crippen MR) is 103 cm³/mol. The molecule has 2 aromatic rings. The normalized spacial score (nSPS) is 15.4. The summed E-state index contributed by atoms with van der Waals surface area (Å²) >= 11 is 0. The molecule has 1 atom stereocenters. The summed E-state index contributed by atoms with van der Waals surface area (Å²) in [7, 11) is 3.09. The predicted octanol–water partition coefficient (Wildman–Crippen LogP) is 4.81. The highest BCUT2D eigenvalue weighted by molar-refractivity contribution is 5.94. The second-order valence-corrected chi connectivity index (χ2v) is 5.68. The van der Waals surface area contributed by atoms with Crippen LogP contribution in [0.4, 0.5) is 5.69 Å². The maximum absolute atomic E-state index is 12.3. The van der Waals surface area contributed by atoms with E-state index in [-0.39, 0.29) is 11.8 Å². The summed E-state index contributed by atoms with van der Waals surface area (Å²) in [5.74, 6) is 0.0343. The third-order valence-corrected chi connectivity index (χ3v) is 4.20. The summed E-state index contributed by atoms with van der Waals surface area (Å²) in [5.41, 5.74) is 4.94. The number of allylic oxidation sites excluding steroid dienone is 1. The van der Waals surface area contributed by atoms with Gasteiger partial charge >= 0.3 is 0 Å². The van der Waals surface area contributed by atoms with E-state index in [1.807, 2.05) is 50.2 Å². The smallest absolute Gasteiger partial charge is 0.277 e. The van der Waals surface area contributed by atoms with Gasteiger partial charge in [0.25, 0.3) is 5.91 Å². The molecule has 0 aliphatic carbocycles. The van der Waals surface area contributed by atoms with Crippen molar-refractivity contribution in [3.63, 3.8) is 0 Å². The molecule has 0 fully saturated rings. The highest BCUT2D eigenvalue weighted by Crippen LogP contribution is 2.40. The highest BCUT2D eigenvalue weighted by atomic mass is 16.7. The van der Waals surface area contributed by atoms with Gasteiger partial charge in [0.15, 0.2) is 0 Å². The van der Waals surface area contributed by atoms with Crippen molar-refractivity contribution in [3.8, 4) is 0 Å². The van der Waals surface area contributed by atoms with Gasteiger partial charge < -0.3 is 5.32 Å². The standard InChI is InChI=1S/C19H20N2O2.C2H6/c1-13-11-16(14-7-5-4-6-8-14)17-12-15(9-10-18(17)20-13)19(22)21(2)23-3;1-2/h4-10,12,16,20H,1,11H2,2-3H3;1-2H3. The van der Waals surface area contributed by atoms with Crippen LogP contribution in [0.15, 0.2) is 60.8 Å². The van der Waals surface area contributed by atoms with Crippen LogP contribution in [0, 0.1) is 0 Å². The molecule has 0 saturated heterocycles. The van der Waals surface area contributed by atoms with Crippen molar-refractivity contribution in [2.24, 2.45) is 0 Å².